The Hall–Kier alpha value is -0.450. The lowest BCUT2D eigenvalue weighted by Crippen LogP contribution is -2.32. The van der Waals surface area contributed by atoms with E-state index in [4.69, 9.17) is 0 Å². The minimum absolute atomic E-state index is 0.953. The Labute approximate surface area is 96.5 Å². The Balaban J connectivity index is 2.05. The first-order chi connectivity index (χ1) is 7.36. The van der Waals surface area contributed by atoms with Crippen LogP contribution in [0.15, 0.2) is 11.7 Å². The van der Waals surface area contributed by atoms with Gasteiger partial charge in [-0.1, -0.05) is 13.8 Å². The first kappa shape index (κ1) is 12.6. The van der Waals surface area contributed by atoms with Gasteiger partial charge in [0, 0.05) is 30.7 Å². The summed E-state index contributed by atoms with van der Waals surface area (Å²) in [6.07, 6.45) is 3.17. The molecule has 15 heavy (non-hydrogen) atoms. The second-order valence-electron chi connectivity index (χ2n) is 3.58. The van der Waals surface area contributed by atoms with Crippen molar-refractivity contribution in [3.63, 3.8) is 0 Å². The molecular weight excluding hydrogens is 206 g/mol. The zero-order valence-electron chi connectivity index (χ0n) is 9.70. The SMILES string of the molecule is CCCN(CC)CCNCc1cncs1. The smallest absolute Gasteiger partial charge is 0.0794 e. The Morgan fingerprint density at radius 3 is 2.87 bits per heavy atom. The van der Waals surface area contributed by atoms with Crippen LogP contribution in [0.3, 0.4) is 0 Å². The second-order valence-corrected chi connectivity index (χ2v) is 4.55. The molecule has 0 radical (unpaired) electrons. The van der Waals surface area contributed by atoms with Crippen LogP contribution in [0.2, 0.25) is 0 Å². The molecule has 0 atom stereocenters. The molecule has 1 heterocycles. The molecule has 0 bridgehead atoms. The van der Waals surface area contributed by atoms with Gasteiger partial charge in [0.15, 0.2) is 0 Å². The van der Waals surface area contributed by atoms with Crippen molar-refractivity contribution in [2.45, 2.75) is 26.8 Å². The van der Waals surface area contributed by atoms with Crippen LogP contribution in [0, 0.1) is 0 Å². The molecule has 1 rings (SSSR count). The predicted molar refractivity (Wildman–Crippen MR) is 66.2 cm³/mol. The van der Waals surface area contributed by atoms with E-state index in [9.17, 15) is 0 Å². The molecule has 0 aliphatic carbocycles. The number of nitrogens with zero attached hydrogens (tertiary/aromatic N) is 2. The molecule has 4 heteroatoms. The van der Waals surface area contributed by atoms with E-state index in [0.29, 0.717) is 0 Å². The van der Waals surface area contributed by atoms with Gasteiger partial charge in [-0.2, -0.15) is 0 Å². The minimum Gasteiger partial charge on any atom is -0.311 e. The third-order valence-corrected chi connectivity index (χ3v) is 3.15. The second kappa shape index (κ2) is 7.79. The highest BCUT2D eigenvalue weighted by Gasteiger charge is 1.99. The van der Waals surface area contributed by atoms with Crippen molar-refractivity contribution in [2.24, 2.45) is 0 Å². The largest absolute Gasteiger partial charge is 0.311 e. The first-order valence-electron chi connectivity index (χ1n) is 5.67. The summed E-state index contributed by atoms with van der Waals surface area (Å²) in [5.41, 5.74) is 1.88. The molecule has 0 fully saturated rings. The van der Waals surface area contributed by atoms with Crippen LogP contribution in [0.4, 0.5) is 0 Å². The maximum Gasteiger partial charge on any atom is 0.0794 e. The summed E-state index contributed by atoms with van der Waals surface area (Å²) in [6.45, 7) is 9.96. The molecule has 1 N–H and O–H groups in total. The Morgan fingerprint density at radius 1 is 1.40 bits per heavy atom. The van der Waals surface area contributed by atoms with Crippen LogP contribution in [0.5, 0.6) is 0 Å². The monoisotopic (exact) mass is 227 g/mol. The van der Waals surface area contributed by atoms with Gasteiger partial charge >= 0.3 is 0 Å². The first-order valence-corrected chi connectivity index (χ1v) is 6.55. The minimum atomic E-state index is 0.953. The molecule has 0 saturated carbocycles. The Morgan fingerprint density at radius 2 is 2.27 bits per heavy atom. The molecule has 1 aromatic heterocycles. The molecule has 0 aliphatic rings. The van der Waals surface area contributed by atoms with Crippen molar-refractivity contribution in [2.75, 3.05) is 26.2 Å². The highest BCUT2D eigenvalue weighted by Crippen LogP contribution is 2.03. The van der Waals surface area contributed by atoms with Crippen molar-refractivity contribution in [3.8, 4) is 0 Å². The summed E-state index contributed by atoms with van der Waals surface area (Å²) in [7, 11) is 0. The number of hydrogen-bond acceptors (Lipinski definition) is 4. The van der Waals surface area contributed by atoms with Gasteiger partial charge in [-0.15, -0.1) is 11.3 Å². The molecule has 0 amide bonds. The van der Waals surface area contributed by atoms with E-state index < -0.39 is 0 Å². The summed E-state index contributed by atoms with van der Waals surface area (Å²) in [6, 6.07) is 0. The van der Waals surface area contributed by atoms with Crippen LogP contribution in [0.1, 0.15) is 25.1 Å². The number of aromatic nitrogens is 1. The van der Waals surface area contributed by atoms with Crippen LogP contribution >= 0.6 is 11.3 Å². The van der Waals surface area contributed by atoms with Gasteiger partial charge in [-0.3, -0.25) is 4.98 Å². The van der Waals surface area contributed by atoms with E-state index in [2.05, 4.69) is 29.0 Å². The third kappa shape index (κ3) is 5.25. The quantitative estimate of drug-likeness (QED) is 0.688. The number of hydrogen-bond donors (Lipinski definition) is 1. The van der Waals surface area contributed by atoms with Crippen molar-refractivity contribution < 1.29 is 0 Å². The number of nitrogens with one attached hydrogen (secondary N) is 1. The van der Waals surface area contributed by atoms with Gasteiger partial charge in [0.05, 0.1) is 5.51 Å². The van der Waals surface area contributed by atoms with Crippen LogP contribution in [0.25, 0.3) is 0 Å². The van der Waals surface area contributed by atoms with Gasteiger partial charge < -0.3 is 10.2 Å². The molecule has 0 spiro atoms. The molecule has 3 nitrogen and oxygen atoms in total. The topological polar surface area (TPSA) is 28.2 Å². The molecule has 1 aromatic rings. The fraction of sp³-hybridized carbons (Fsp3) is 0.727. The van der Waals surface area contributed by atoms with E-state index in [1.54, 1.807) is 11.3 Å². The fourth-order valence-corrected chi connectivity index (χ4v) is 2.09. The molecular formula is C11H21N3S. The van der Waals surface area contributed by atoms with E-state index in [1.165, 1.54) is 17.8 Å². The maximum absolute atomic E-state index is 4.05. The fourth-order valence-electron chi connectivity index (χ4n) is 1.52. The molecule has 0 aromatic carbocycles. The number of thiazole rings is 1. The summed E-state index contributed by atoms with van der Waals surface area (Å²) in [5.74, 6) is 0. The van der Waals surface area contributed by atoms with Crippen molar-refractivity contribution >= 4 is 11.3 Å². The summed E-state index contributed by atoms with van der Waals surface area (Å²) < 4.78 is 0. The van der Waals surface area contributed by atoms with Crippen molar-refractivity contribution in [1.29, 1.82) is 0 Å². The van der Waals surface area contributed by atoms with Gasteiger partial charge in [-0.05, 0) is 19.5 Å². The van der Waals surface area contributed by atoms with E-state index in [-0.39, 0.29) is 0 Å². The molecule has 86 valence electrons. The maximum atomic E-state index is 4.05. The predicted octanol–water partition coefficient (Wildman–Crippen LogP) is 1.96. The van der Waals surface area contributed by atoms with E-state index in [0.717, 1.165) is 26.2 Å². The zero-order chi connectivity index (χ0) is 10.9. The summed E-state index contributed by atoms with van der Waals surface area (Å²) in [4.78, 5) is 7.84. The van der Waals surface area contributed by atoms with Crippen molar-refractivity contribution in [3.05, 3.63) is 16.6 Å². The molecule has 0 saturated heterocycles. The van der Waals surface area contributed by atoms with Crippen LogP contribution < -0.4 is 5.32 Å². The van der Waals surface area contributed by atoms with Crippen LogP contribution in [-0.4, -0.2) is 36.1 Å². The average Bonchev–Trinajstić information content (AvgIpc) is 2.75. The Bertz CT molecular complexity index is 236. The number of likely N-dealkylation sites (N-methyl/N-ethyl adjacent to an activating group) is 1. The lowest BCUT2D eigenvalue weighted by molar-refractivity contribution is 0.287. The normalized spacial score (nSPS) is 11.1. The highest BCUT2D eigenvalue weighted by atomic mass is 32.1. The summed E-state index contributed by atoms with van der Waals surface area (Å²) >= 11 is 1.71. The lowest BCUT2D eigenvalue weighted by atomic mass is 10.4. The van der Waals surface area contributed by atoms with Crippen molar-refractivity contribution in [1.82, 2.24) is 15.2 Å². The third-order valence-electron chi connectivity index (χ3n) is 2.37. The standard InChI is InChI=1S/C11H21N3S/c1-3-6-14(4-2)7-5-12-8-11-9-13-10-15-11/h9-10,12H,3-8H2,1-2H3. The molecule has 0 aliphatic heterocycles. The van der Waals surface area contributed by atoms with Gasteiger partial charge in [-0.25, -0.2) is 0 Å². The van der Waals surface area contributed by atoms with E-state index >= 15 is 0 Å². The zero-order valence-corrected chi connectivity index (χ0v) is 10.5. The lowest BCUT2D eigenvalue weighted by Gasteiger charge is -2.19. The van der Waals surface area contributed by atoms with Gasteiger partial charge in [0.25, 0.3) is 0 Å². The van der Waals surface area contributed by atoms with Gasteiger partial charge in [0.2, 0.25) is 0 Å². The average molecular weight is 227 g/mol. The van der Waals surface area contributed by atoms with Crippen LogP contribution in [-0.2, 0) is 6.54 Å². The number of rotatable bonds is 8. The summed E-state index contributed by atoms with van der Waals surface area (Å²) in [5, 5.41) is 3.44. The van der Waals surface area contributed by atoms with Gasteiger partial charge in [0.1, 0.15) is 0 Å². The molecule has 0 unspecified atom stereocenters. The Kier molecular flexibility index (Phi) is 6.55. The highest BCUT2D eigenvalue weighted by molar-refractivity contribution is 7.09. The van der Waals surface area contributed by atoms with E-state index in [1.807, 2.05) is 11.7 Å².